The van der Waals surface area contributed by atoms with Crippen LogP contribution in [0.5, 0.6) is 11.5 Å². The van der Waals surface area contributed by atoms with E-state index in [1.54, 1.807) is 32.4 Å². The van der Waals surface area contributed by atoms with E-state index >= 15 is 0 Å². The number of hydrogen-bond donors (Lipinski definition) is 2. The summed E-state index contributed by atoms with van der Waals surface area (Å²) in [6.07, 6.45) is 2.21. The summed E-state index contributed by atoms with van der Waals surface area (Å²) < 4.78 is 13.5. The second kappa shape index (κ2) is 9.40. The van der Waals surface area contributed by atoms with Crippen LogP contribution in [0.3, 0.4) is 0 Å². The molecule has 10 heteroatoms. The number of carbonyl (C=O) groups is 1. The second-order valence-corrected chi connectivity index (χ2v) is 8.50. The molecule has 1 saturated heterocycles. The SMILES string of the molecule is COc1c(OC[C@H](O)CN2CCC2)ccc2c3n(c(=NC(=O)c4cccnc4C)nc12)CCN3. The molecule has 2 aromatic heterocycles. The van der Waals surface area contributed by atoms with Gasteiger partial charge in [-0.15, -0.1) is 0 Å². The molecule has 1 atom stereocenters. The summed E-state index contributed by atoms with van der Waals surface area (Å²) >= 11 is 0. The molecule has 2 N–H and O–H groups in total. The lowest BCUT2D eigenvalue weighted by Crippen LogP contribution is -2.43. The molecule has 4 heterocycles. The number of methoxy groups -OCH3 is 1. The summed E-state index contributed by atoms with van der Waals surface area (Å²) in [6.45, 7) is 5.87. The molecule has 10 nitrogen and oxygen atoms in total. The maximum absolute atomic E-state index is 12.9. The van der Waals surface area contributed by atoms with Crippen molar-refractivity contribution in [2.24, 2.45) is 4.99 Å². The van der Waals surface area contributed by atoms with Gasteiger partial charge in [0.1, 0.15) is 24.0 Å². The molecule has 2 aliphatic rings. The minimum atomic E-state index is -0.600. The molecule has 0 bridgehead atoms. The first-order valence-corrected chi connectivity index (χ1v) is 11.4. The van der Waals surface area contributed by atoms with E-state index in [2.05, 4.69) is 20.2 Å². The lowest BCUT2D eigenvalue weighted by atomic mass is 10.2. The normalized spacial score (nSPS) is 16.6. The number of hydrogen-bond acceptors (Lipinski definition) is 8. The third-order valence-electron chi connectivity index (χ3n) is 6.19. The highest BCUT2D eigenvalue weighted by Crippen LogP contribution is 2.37. The number of carbonyl (C=O) groups excluding carboxylic acids is 1. The Bertz CT molecular complexity index is 1300. The van der Waals surface area contributed by atoms with Crippen LogP contribution in [0.4, 0.5) is 5.82 Å². The molecule has 0 saturated carbocycles. The monoisotopic (exact) mass is 464 g/mol. The number of anilines is 1. The third-order valence-corrected chi connectivity index (χ3v) is 6.19. The van der Waals surface area contributed by atoms with Crippen LogP contribution in [0.2, 0.25) is 0 Å². The number of amides is 1. The van der Waals surface area contributed by atoms with Gasteiger partial charge >= 0.3 is 0 Å². The highest BCUT2D eigenvalue weighted by atomic mass is 16.5. The van der Waals surface area contributed by atoms with Crippen molar-refractivity contribution in [1.29, 1.82) is 0 Å². The fourth-order valence-electron chi connectivity index (χ4n) is 4.31. The van der Waals surface area contributed by atoms with Gasteiger partial charge in [0.15, 0.2) is 11.5 Å². The predicted octanol–water partition coefficient (Wildman–Crippen LogP) is 1.36. The Morgan fingerprint density at radius 2 is 2.15 bits per heavy atom. The average Bonchev–Trinajstić information content (AvgIpc) is 3.30. The minimum Gasteiger partial charge on any atom is -0.491 e. The molecule has 5 rings (SSSR count). The van der Waals surface area contributed by atoms with Gasteiger partial charge in [0.2, 0.25) is 5.62 Å². The van der Waals surface area contributed by atoms with Gasteiger partial charge in [0.05, 0.1) is 18.4 Å². The quantitative estimate of drug-likeness (QED) is 0.539. The fourth-order valence-corrected chi connectivity index (χ4v) is 4.31. The largest absolute Gasteiger partial charge is 0.491 e. The lowest BCUT2D eigenvalue weighted by molar-refractivity contribution is 0.0461. The summed E-state index contributed by atoms with van der Waals surface area (Å²) in [5.41, 5.74) is 1.87. The third kappa shape index (κ3) is 4.22. The predicted molar refractivity (Wildman–Crippen MR) is 126 cm³/mol. The number of benzene rings is 1. The lowest BCUT2D eigenvalue weighted by Gasteiger charge is -2.32. The van der Waals surface area contributed by atoms with Gasteiger partial charge in [-0.3, -0.25) is 14.3 Å². The van der Waals surface area contributed by atoms with Gasteiger partial charge in [-0.25, -0.2) is 4.98 Å². The Balaban J connectivity index is 1.52. The minimum absolute atomic E-state index is 0.145. The first-order chi connectivity index (χ1) is 16.5. The first-order valence-electron chi connectivity index (χ1n) is 11.4. The number of rotatable bonds is 7. The molecule has 0 spiro atoms. The molecule has 3 aromatic rings. The fraction of sp³-hybridized carbons (Fsp3) is 0.417. The molecule has 34 heavy (non-hydrogen) atoms. The Morgan fingerprint density at radius 3 is 2.88 bits per heavy atom. The Kier molecular flexibility index (Phi) is 6.16. The van der Waals surface area contributed by atoms with Crippen LogP contribution in [-0.4, -0.2) is 76.4 Å². The zero-order chi connectivity index (χ0) is 23.7. The molecule has 0 unspecified atom stereocenters. The molecule has 1 amide bonds. The van der Waals surface area contributed by atoms with Crippen LogP contribution in [0, 0.1) is 6.92 Å². The standard InChI is InChI=1S/C24H28N6O4/c1-15-17(5-3-8-25-15)23(32)28-24-27-20-18(22-26-9-12-30(22)24)6-7-19(21(20)33-2)34-14-16(31)13-29-10-4-11-29/h3,5-8,16,26,31H,4,9-14H2,1-2H3/t16-/m1/s1. The smallest absolute Gasteiger partial charge is 0.282 e. The zero-order valence-corrected chi connectivity index (χ0v) is 19.3. The first kappa shape index (κ1) is 22.3. The summed E-state index contributed by atoms with van der Waals surface area (Å²) in [5, 5.41) is 14.5. The van der Waals surface area contributed by atoms with Crippen LogP contribution in [0.15, 0.2) is 35.5 Å². The maximum atomic E-state index is 12.9. The molecular formula is C24H28N6O4. The van der Waals surface area contributed by atoms with Crippen molar-refractivity contribution in [3.8, 4) is 11.5 Å². The summed E-state index contributed by atoms with van der Waals surface area (Å²) in [4.78, 5) is 28.3. The number of β-amino-alcohol motifs (C(OH)–C–C–N with tert-alkyl or cyclic N) is 1. The topological polar surface area (TPSA) is 114 Å². The van der Waals surface area contributed by atoms with Crippen molar-refractivity contribution in [3.05, 3.63) is 47.3 Å². The van der Waals surface area contributed by atoms with Crippen molar-refractivity contribution >= 4 is 22.6 Å². The van der Waals surface area contributed by atoms with Crippen LogP contribution >= 0.6 is 0 Å². The van der Waals surface area contributed by atoms with Gasteiger partial charge in [-0.1, -0.05) is 0 Å². The summed E-state index contributed by atoms with van der Waals surface area (Å²) in [7, 11) is 1.55. The van der Waals surface area contributed by atoms with Gasteiger partial charge in [-0.2, -0.15) is 4.99 Å². The number of fused-ring (bicyclic) bond motifs is 3. The van der Waals surface area contributed by atoms with Crippen LogP contribution in [-0.2, 0) is 6.54 Å². The molecule has 178 valence electrons. The zero-order valence-electron chi connectivity index (χ0n) is 19.3. The summed E-state index contributed by atoms with van der Waals surface area (Å²) in [5.74, 6) is 1.34. The number of nitrogens with one attached hydrogen (secondary N) is 1. The Labute approximate surface area is 196 Å². The van der Waals surface area contributed by atoms with Gasteiger partial charge in [-0.05, 0) is 50.7 Å². The van der Waals surface area contributed by atoms with Crippen molar-refractivity contribution in [2.75, 3.05) is 45.2 Å². The highest BCUT2D eigenvalue weighted by molar-refractivity contribution is 5.97. The number of aryl methyl sites for hydroxylation is 1. The van der Waals surface area contributed by atoms with E-state index in [1.807, 2.05) is 16.7 Å². The van der Waals surface area contributed by atoms with E-state index in [0.717, 1.165) is 24.3 Å². The van der Waals surface area contributed by atoms with Crippen molar-refractivity contribution in [1.82, 2.24) is 19.4 Å². The van der Waals surface area contributed by atoms with E-state index in [4.69, 9.17) is 14.5 Å². The Hall–Kier alpha value is -3.50. The van der Waals surface area contributed by atoms with E-state index < -0.39 is 12.0 Å². The molecule has 1 fully saturated rings. The summed E-state index contributed by atoms with van der Waals surface area (Å²) in [6, 6.07) is 7.14. The number of likely N-dealkylation sites (tertiary alicyclic amines) is 1. The number of nitrogens with zero attached hydrogens (tertiary/aromatic N) is 5. The highest BCUT2D eigenvalue weighted by Gasteiger charge is 2.22. The second-order valence-electron chi connectivity index (χ2n) is 8.50. The van der Waals surface area contributed by atoms with Gasteiger partial charge in [0, 0.05) is 31.2 Å². The number of aliphatic hydroxyl groups is 1. The average molecular weight is 465 g/mol. The van der Waals surface area contributed by atoms with Crippen molar-refractivity contribution in [2.45, 2.75) is 26.0 Å². The molecule has 0 aliphatic carbocycles. The number of pyridine rings is 1. The maximum Gasteiger partial charge on any atom is 0.282 e. The van der Waals surface area contributed by atoms with E-state index in [9.17, 15) is 9.90 Å². The Morgan fingerprint density at radius 1 is 1.29 bits per heavy atom. The van der Waals surface area contributed by atoms with Crippen LogP contribution < -0.4 is 20.4 Å². The van der Waals surface area contributed by atoms with Gasteiger partial charge < -0.3 is 24.8 Å². The molecule has 0 radical (unpaired) electrons. The van der Waals surface area contributed by atoms with E-state index in [0.29, 0.717) is 47.9 Å². The molecule has 2 aliphatic heterocycles. The van der Waals surface area contributed by atoms with Crippen molar-refractivity contribution in [3.63, 3.8) is 0 Å². The number of ether oxygens (including phenoxy) is 2. The number of aliphatic hydroxyl groups excluding tert-OH is 1. The van der Waals surface area contributed by atoms with E-state index in [-0.39, 0.29) is 12.2 Å². The molecule has 1 aromatic carbocycles. The van der Waals surface area contributed by atoms with Gasteiger partial charge in [0.25, 0.3) is 5.91 Å². The number of aromatic nitrogens is 3. The van der Waals surface area contributed by atoms with Crippen LogP contribution in [0.25, 0.3) is 10.9 Å². The van der Waals surface area contributed by atoms with Crippen LogP contribution in [0.1, 0.15) is 22.5 Å². The van der Waals surface area contributed by atoms with E-state index in [1.165, 1.54) is 6.42 Å². The van der Waals surface area contributed by atoms with Crippen molar-refractivity contribution < 1.29 is 19.4 Å². The molecular weight excluding hydrogens is 436 g/mol.